The van der Waals surface area contributed by atoms with Gasteiger partial charge in [0.05, 0.1) is 12.6 Å². The molecule has 10 heteroatoms. The fraction of sp³-hybridized carbons (Fsp3) is 0.280. The van der Waals surface area contributed by atoms with E-state index in [1.54, 1.807) is 17.6 Å². The second-order valence-corrected chi connectivity index (χ2v) is 8.97. The van der Waals surface area contributed by atoms with E-state index in [1.807, 2.05) is 24.3 Å². The number of carbonyl (C=O) groups excluding carboxylic acids is 1. The average Bonchev–Trinajstić information content (AvgIpc) is 2.82. The van der Waals surface area contributed by atoms with Crippen LogP contribution in [-0.4, -0.2) is 27.7 Å². The Kier molecular flexibility index (Phi) is 8.76. The van der Waals surface area contributed by atoms with Crippen molar-refractivity contribution in [1.29, 1.82) is 0 Å². The molecule has 186 valence electrons. The normalized spacial score (nSPS) is 12.8. The summed E-state index contributed by atoms with van der Waals surface area (Å²) in [5.41, 5.74) is 7.79. The molecule has 0 bridgehead atoms. The van der Waals surface area contributed by atoms with Gasteiger partial charge in [-0.1, -0.05) is 24.3 Å². The van der Waals surface area contributed by atoms with Gasteiger partial charge in [0, 0.05) is 29.9 Å². The van der Waals surface area contributed by atoms with E-state index in [4.69, 9.17) is 10.5 Å². The number of aromatic nitrogens is 1. The molecular formula is C25H26BrF2N3O4. The number of nitrogens with one attached hydrogen (secondary N) is 1. The highest BCUT2D eigenvalue weighted by Gasteiger charge is 2.18. The maximum Gasteiger partial charge on any atom is 0.269 e. The molecule has 1 heterocycles. The molecule has 2 aromatic carbocycles. The predicted molar refractivity (Wildman–Crippen MR) is 131 cm³/mol. The van der Waals surface area contributed by atoms with Crippen molar-refractivity contribution in [3.05, 3.63) is 97.4 Å². The van der Waals surface area contributed by atoms with Gasteiger partial charge in [-0.05, 0) is 53.0 Å². The molecule has 0 unspecified atom stereocenters. The molecule has 0 radical (unpaired) electrons. The van der Waals surface area contributed by atoms with Crippen molar-refractivity contribution in [2.75, 3.05) is 0 Å². The molecule has 3 aromatic rings. The number of aryl methyl sites for hydroxylation is 1. The Bertz CT molecular complexity index is 1260. The Morgan fingerprint density at radius 3 is 2.46 bits per heavy atom. The highest BCUT2D eigenvalue weighted by molar-refractivity contribution is 9.10. The molecule has 0 aliphatic rings. The Labute approximate surface area is 209 Å². The zero-order valence-corrected chi connectivity index (χ0v) is 20.8. The number of hydrogen-bond acceptors (Lipinski definition) is 5. The van der Waals surface area contributed by atoms with Crippen molar-refractivity contribution in [3.63, 3.8) is 0 Å². The summed E-state index contributed by atoms with van der Waals surface area (Å²) in [6.07, 6.45) is -0.945. The van der Waals surface area contributed by atoms with Gasteiger partial charge >= 0.3 is 0 Å². The molecule has 7 nitrogen and oxygen atoms in total. The predicted octanol–water partition coefficient (Wildman–Crippen LogP) is 3.15. The topological polar surface area (TPSA) is 107 Å². The summed E-state index contributed by atoms with van der Waals surface area (Å²) in [6.45, 7) is 3.61. The number of pyridine rings is 1. The number of ether oxygens (including phenoxy) is 1. The lowest BCUT2D eigenvalue weighted by molar-refractivity contribution is -0.124. The van der Waals surface area contributed by atoms with Crippen LogP contribution in [0.25, 0.3) is 0 Å². The molecule has 4 N–H and O–H groups in total. The minimum Gasteiger partial charge on any atom is -0.487 e. The average molecular weight is 550 g/mol. The third kappa shape index (κ3) is 6.74. The van der Waals surface area contributed by atoms with E-state index in [2.05, 4.69) is 21.2 Å². The molecule has 3 rings (SSSR count). The fourth-order valence-electron chi connectivity index (χ4n) is 3.28. The summed E-state index contributed by atoms with van der Waals surface area (Å²) < 4.78 is 34.3. The molecule has 35 heavy (non-hydrogen) atoms. The number of rotatable bonds is 9. The van der Waals surface area contributed by atoms with Crippen molar-refractivity contribution in [1.82, 2.24) is 9.88 Å². The van der Waals surface area contributed by atoms with Gasteiger partial charge in [0.15, 0.2) is 0 Å². The van der Waals surface area contributed by atoms with Gasteiger partial charge in [-0.15, -0.1) is 0 Å². The Morgan fingerprint density at radius 1 is 1.17 bits per heavy atom. The van der Waals surface area contributed by atoms with E-state index in [0.717, 1.165) is 23.3 Å². The van der Waals surface area contributed by atoms with Crippen LogP contribution in [0.5, 0.6) is 5.75 Å². The largest absolute Gasteiger partial charge is 0.487 e. The summed E-state index contributed by atoms with van der Waals surface area (Å²) in [5, 5.41) is 12.1. The third-order valence-corrected chi connectivity index (χ3v) is 6.20. The first kappa shape index (κ1) is 26.5. The van der Waals surface area contributed by atoms with Crippen LogP contribution in [0.1, 0.15) is 29.3 Å². The number of carbonyl (C=O) groups is 1. The molecule has 0 spiro atoms. The summed E-state index contributed by atoms with van der Waals surface area (Å²) in [6, 6.07) is 11.2. The van der Waals surface area contributed by atoms with E-state index in [-0.39, 0.29) is 34.5 Å². The van der Waals surface area contributed by atoms with Gasteiger partial charge < -0.3 is 25.5 Å². The molecule has 0 saturated carbocycles. The molecular weight excluding hydrogens is 524 g/mol. The Morgan fingerprint density at radius 2 is 1.83 bits per heavy atom. The molecule has 0 aliphatic heterocycles. The maximum atomic E-state index is 13.9. The lowest BCUT2D eigenvalue weighted by atomic mass is 10.1. The first-order valence-electron chi connectivity index (χ1n) is 10.8. The van der Waals surface area contributed by atoms with Crippen LogP contribution < -0.4 is 21.3 Å². The first-order valence-corrected chi connectivity index (χ1v) is 11.6. The minimum absolute atomic E-state index is 0.159. The van der Waals surface area contributed by atoms with E-state index in [9.17, 15) is 23.5 Å². The minimum atomic E-state index is -0.996. The van der Waals surface area contributed by atoms with Crippen molar-refractivity contribution in [2.45, 2.75) is 45.7 Å². The fourth-order valence-corrected chi connectivity index (χ4v) is 3.72. The number of halogens is 3. The van der Waals surface area contributed by atoms with Crippen LogP contribution in [0.3, 0.4) is 0 Å². The second-order valence-electron chi connectivity index (χ2n) is 8.18. The number of aliphatic hydroxyl groups is 1. The molecule has 1 amide bonds. The quantitative estimate of drug-likeness (QED) is 0.380. The smallest absolute Gasteiger partial charge is 0.269 e. The van der Waals surface area contributed by atoms with Gasteiger partial charge in [-0.2, -0.15) is 0 Å². The molecule has 0 fully saturated rings. The maximum absolute atomic E-state index is 13.9. The van der Waals surface area contributed by atoms with Crippen molar-refractivity contribution in [3.8, 4) is 5.75 Å². The number of amides is 1. The number of nitrogens with two attached hydrogens (primary N) is 1. The highest BCUT2D eigenvalue weighted by Crippen LogP contribution is 2.24. The molecule has 1 aromatic heterocycles. The zero-order valence-electron chi connectivity index (χ0n) is 19.2. The van der Waals surface area contributed by atoms with Crippen molar-refractivity contribution in [2.24, 2.45) is 5.73 Å². The Hall–Kier alpha value is -3.08. The van der Waals surface area contributed by atoms with Gasteiger partial charge in [0.1, 0.15) is 34.5 Å². The molecule has 2 atom stereocenters. The lowest BCUT2D eigenvalue weighted by Gasteiger charge is -2.16. The summed E-state index contributed by atoms with van der Waals surface area (Å²) in [5.74, 6) is -1.58. The standard InChI is InChI=1S/C25H26BrF2N3O4/c1-14-9-21(35-13-18-7-8-19(27)10-20(18)28)22(26)25(34)31(14)12-17-5-3-16(4-6-17)11-30-24(33)23(29)15(2)32/h3-10,15,23,32H,11-13,29H2,1-2H3,(H,30,33)/t15-,23-/m1/s1. The summed E-state index contributed by atoms with van der Waals surface area (Å²) in [7, 11) is 0. The van der Waals surface area contributed by atoms with Crippen LogP contribution in [0, 0.1) is 18.6 Å². The van der Waals surface area contributed by atoms with E-state index in [0.29, 0.717) is 12.2 Å². The third-order valence-electron chi connectivity index (χ3n) is 5.47. The second kappa shape index (κ2) is 11.6. The van der Waals surface area contributed by atoms with Crippen molar-refractivity contribution < 1.29 is 23.4 Å². The van der Waals surface area contributed by atoms with E-state index >= 15 is 0 Å². The SMILES string of the molecule is Cc1cc(OCc2ccc(F)cc2F)c(Br)c(=O)n1Cc1ccc(CNC(=O)[C@H](N)[C@@H](C)O)cc1. The van der Waals surface area contributed by atoms with E-state index < -0.39 is 29.7 Å². The number of nitrogens with zero attached hydrogens (tertiary/aromatic N) is 1. The summed E-state index contributed by atoms with van der Waals surface area (Å²) in [4.78, 5) is 24.8. The highest BCUT2D eigenvalue weighted by atomic mass is 79.9. The van der Waals surface area contributed by atoms with Gasteiger partial charge in [0.2, 0.25) is 5.91 Å². The van der Waals surface area contributed by atoms with Gasteiger partial charge in [-0.3, -0.25) is 9.59 Å². The molecule has 0 saturated heterocycles. The van der Waals surface area contributed by atoms with Crippen LogP contribution in [0.2, 0.25) is 0 Å². The van der Waals surface area contributed by atoms with E-state index in [1.165, 1.54) is 13.0 Å². The van der Waals surface area contributed by atoms with Crippen LogP contribution in [-0.2, 0) is 24.5 Å². The first-order chi connectivity index (χ1) is 16.6. The van der Waals surface area contributed by atoms with Gasteiger partial charge in [0.25, 0.3) is 5.56 Å². The van der Waals surface area contributed by atoms with Crippen LogP contribution >= 0.6 is 15.9 Å². The van der Waals surface area contributed by atoms with Crippen LogP contribution in [0.15, 0.2) is 57.8 Å². The van der Waals surface area contributed by atoms with Crippen molar-refractivity contribution >= 4 is 21.8 Å². The zero-order chi connectivity index (χ0) is 25.7. The lowest BCUT2D eigenvalue weighted by Crippen LogP contribution is -2.46. The monoisotopic (exact) mass is 549 g/mol. The number of aliphatic hydroxyl groups excluding tert-OH is 1. The summed E-state index contributed by atoms with van der Waals surface area (Å²) >= 11 is 3.27. The molecule has 0 aliphatic carbocycles. The Balaban J connectivity index is 1.67. The van der Waals surface area contributed by atoms with Gasteiger partial charge in [-0.25, -0.2) is 8.78 Å². The van der Waals surface area contributed by atoms with Crippen LogP contribution in [0.4, 0.5) is 8.78 Å². The number of hydrogen-bond donors (Lipinski definition) is 3. The number of benzene rings is 2.